The third-order valence-corrected chi connectivity index (χ3v) is 3.16. The summed E-state index contributed by atoms with van der Waals surface area (Å²) in [6.07, 6.45) is 0. The Balaban J connectivity index is 2.49. The van der Waals surface area contributed by atoms with Crippen molar-refractivity contribution in [1.82, 2.24) is 5.32 Å². The van der Waals surface area contributed by atoms with Gasteiger partial charge in [-0.15, -0.1) is 0 Å². The van der Waals surface area contributed by atoms with Gasteiger partial charge in [0.2, 0.25) is 0 Å². The van der Waals surface area contributed by atoms with Crippen LogP contribution < -0.4 is 5.32 Å². The highest BCUT2D eigenvalue weighted by molar-refractivity contribution is 9.10. The number of ether oxygens (including phenoxy) is 2. The number of benzene rings is 1. The van der Waals surface area contributed by atoms with Gasteiger partial charge in [0.15, 0.2) is 0 Å². The molecule has 1 N–H and O–H groups in total. The Morgan fingerprint density at radius 3 is 2.83 bits per heavy atom. The third-order valence-electron chi connectivity index (χ3n) is 2.42. The van der Waals surface area contributed by atoms with Crippen molar-refractivity contribution in [2.45, 2.75) is 13.5 Å². The lowest BCUT2D eigenvalue weighted by Crippen LogP contribution is -2.19. The molecule has 0 saturated carbocycles. The molecule has 1 aromatic carbocycles. The maximum absolute atomic E-state index is 11.3. The molecule has 0 heterocycles. The molecule has 0 unspecified atom stereocenters. The molecule has 0 aliphatic heterocycles. The van der Waals surface area contributed by atoms with Gasteiger partial charge in [-0.1, -0.05) is 22.0 Å². The standard InChI is InChI=1S/C13H18BrNO3/c1-3-18-7-6-15-9-11-5-4-10(8-12(11)14)13(16)17-2/h4-5,8,15H,3,6-7,9H2,1-2H3. The minimum atomic E-state index is -0.327. The van der Waals surface area contributed by atoms with Gasteiger partial charge in [0.25, 0.3) is 0 Å². The van der Waals surface area contributed by atoms with E-state index in [1.54, 1.807) is 12.1 Å². The highest BCUT2D eigenvalue weighted by Crippen LogP contribution is 2.19. The number of hydrogen-bond donors (Lipinski definition) is 1. The Morgan fingerprint density at radius 2 is 2.22 bits per heavy atom. The van der Waals surface area contributed by atoms with Crippen LogP contribution in [-0.4, -0.2) is 32.8 Å². The van der Waals surface area contributed by atoms with Crippen LogP contribution in [-0.2, 0) is 16.0 Å². The van der Waals surface area contributed by atoms with Gasteiger partial charge in [-0.05, 0) is 24.6 Å². The van der Waals surface area contributed by atoms with E-state index in [0.29, 0.717) is 12.2 Å². The van der Waals surface area contributed by atoms with Crippen LogP contribution in [0.5, 0.6) is 0 Å². The first-order chi connectivity index (χ1) is 8.69. The fourth-order valence-electron chi connectivity index (χ4n) is 1.45. The van der Waals surface area contributed by atoms with Crippen molar-refractivity contribution in [3.8, 4) is 0 Å². The second kappa shape index (κ2) is 8.24. The van der Waals surface area contributed by atoms with E-state index in [0.717, 1.165) is 29.7 Å². The Morgan fingerprint density at radius 1 is 1.44 bits per heavy atom. The zero-order valence-electron chi connectivity index (χ0n) is 10.7. The molecule has 1 aromatic rings. The Hall–Kier alpha value is -0.910. The van der Waals surface area contributed by atoms with E-state index < -0.39 is 0 Å². The van der Waals surface area contributed by atoms with E-state index in [1.807, 2.05) is 13.0 Å². The molecular formula is C13H18BrNO3. The van der Waals surface area contributed by atoms with Crippen molar-refractivity contribution in [3.63, 3.8) is 0 Å². The van der Waals surface area contributed by atoms with Gasteiger partial charge in [0.1, 0.15) is 0 Å². The first kappa shape index (κ1) is 15.1. The summed E-state index contributed by atoms with van der Waals surface area (Å²) in [5, 5.41) is 3.27. The van der Waals surface area contributed by atoms with Crippen LogP contribution in [0.2, 0.25) is 0 Å². The van der Waals surface area contributed by atoms with Crippen LogP contribution in [0.3, 0.4) is 0 Å². The summed E-state index contributed by atoms with van der Waals surface area (Å²) < 4.78 is 10.8. The predicted molar refractivity (Wildman–Crippen MR) is 73.7 cm³/mol. The monoisotopic (exact) mass is 315 g/mol. The van der Waals surface area contributed by atoms with Gasteiger partial charge < -0.3 is 14.8 Å². The van der Waals surface area contributed by atoms with Crippen LogP contribution >= 0.6 is 15.9 Å². The molecule has 0 atom stereocenters. The van der Waals surface area contributed by atoms with Crippen LogP contribution in [0.25, 0.3) is 0 Å². The Labute approximate surface area is 116 Å². The van der Waals surface area contributed by atoms with Crippen molar-refractivity contribution >= 4 is 21.9 Å². The topological polar surface area (TPSA) is 47.6 Å². The molecule has 0 fully saturated rings. The molecule has 1 rings (SSSR count). The highest BCUT2D eigenvalue weighted by Gasteiger charge is 2.07. The van der Waals surface area contributed by atoms with Gasteiger partial charge in [0, 0.05) is 24.2 Å². The number of rotatable bonds is 7. The quantitative estimate of drug-likeness (QED) is 0.620. The number of hydrogen-bond acceptors (Lipinski definition) is 4. The molecular weight excluding hydrogens is 298 g/mol. The fourth-order valence-corrected chi connectivity index (χ4v) is 1.97. The number of nitrogens with one attached hydrogen (secondary N) is 1. The maximum Gasteiger partial charge on any atom is 0.337 e. The van der Waals surface area contributed by atoms with Gasteiger partial charge >= 0.3 is 5.97 Å². The van der Waals surface area contributed by atoms with Crippen molar-refractivity contribution < 1.29 is 14.3 Å². The molecule has 0 spiro atoms. The summed E-state index contributed by atoms with van der Waals surface area (Å²) in [6, 6.07) is 5.44. The van der Waals surface area contributed by atoms with E-state index in [-0.39, 0.29) is 5.97 Å². The molecule has 0 saturated heterocycles. The van der Waals surface area contributed by atoms with Gasteiger partial charge in [-0.3, -0.25) is 0 Å². The van der Waals surface area contributed by atoms with Crippen molar-refractivity contribution in [2.75, 3.05) is 26.9 Å². The number of carbonyl (C=O) groups excluding carboxylic acids is 1. The fraction of sp³-hybridized carbons (Fsp3) is 0.462. The van der Waals surface area contributed by atoms with E-state index in [2.05, 4.69) is 26.0 Å². The summed E-state index contributed by atoms with van der Waals surface area (Å²) >= 11 is 3.45. The molecule has 0 aliphatic carbocycles. The second-order valence-corrected chi connectivity index (χ2v) is 4.53. The number of halogens is 1. The van der Waals surface area contributed by atoms with Crippen LogP contribution in [0.1, 0.15) is 22.8 Å². The molecule has 18 heavy (non-hydrogen) atoms. The SMILES string of the molecule is CCOCCNCc1ccc(C(=O)OC)cc1Br. The molecule has 0 amide bonds. The van der Waals surface area contributed by atoms with Gasteiger partial charge in [-0.2, -0.15) is 0 Å². The Bertz CT molecular complexity index is 396. The second-order valence-electron chi connectivity index (χ2n) is 3.67. The van der Waals surface area contributed by atoms with Crippen molar-refractivity contribution in [1.29, 1.82) is 0 Å². The zero-order chi connectivity index (χ0) is 13.4. The molecule has 0 radical (unpaired) electrons. The number of methoxy groups -OCH3 is 1. The summed E-state index contributed by atoms with van der Waals surface area (Å²) in [5.74, 6) is -0.327. The summed E-state index contributed by atoms with van der Waals surface area (Å²) in [6.45, 7) is 4.95. The van der Waals surface area contributed by atoms with Crippen molar-refractivity contribution in [2.24, 2.45) is 0 Å². The lowest BCUT2D eigenvalue weighted by Gasteiger charge is -2.08. The van der Waals surface area contributed by atoms with E-state index in [1.165, 1.54) is 7.11 Å². The number of esters is 1. The Kier molecular flexibility index (Phi) is 6.93. The van der Waals surface area contributed by atoms with Crippen LogP contribution in [0.4, 0.5) is 0 Å². The lowest BCUT2D eigenvalue weighted by molar-refractivity contribution is 0.0600. The smallest absolute Gasteiger partial charge is 0.337 e. The van der Waals surface area contributed by atoms with Crippen LogP contribution in [0.15, 0.2) is 22.7 Å². The predicted octanol–water partition coefficient (Wildman–Crippen LogP) is 2.36. The van der Waals surface area contributed by atoms with E-state index in [4.69, 9.17) is 4.74 Å². The summed E-state index contributed by atoms with van der Waals surface area (Å²) in [5.41, 5.74) is 1.64. The van der Waals surface area contributed by atoms with E-state index in [9.17, 15) is 4.79 Å². The van der Waals surface area contributed by atoms with Gasteiger partial charge in [-0.25, -0.2) is 4.79 Å². The average Bonchev–Trinajstić information content (AvgIpc) is 2.39. The molecule has 0 aliphatic rings. The molecule has 0 aromatic heterocycles. The maximum atomic E-state index is 11.3. The first-order valence-corrected chi connectivity index (χ1v) is 6.63. The highest BCUT2D eigenvalue weighted by atomic mass is 79.9. The lowest BCUT2D eigenvalue weighted by atomic mass is 10.1. The van der Waals surface area contributed by atoms with E-state index >= 15 is 0 Å². The normalized spacial score (nSPS) is 10.4. The number of carbonyl (C=O) groups is 1. The largest absolute Gasteiger partial charge is 0.465 e. The van der Waals surface area contributed by atoms with Crippen LogP contribution in [0, 0.1) is 0 Å². The summed E-state index contributed by atoms with van der Waals surface area (Å²) in [7, 11) is 1.37. The molecule has 5 heteroatoms. The minimum absolute atomic E-state index is 0.327. The van der Waals surface area contributed by atoms with Gasteiger partial charge in [0.05, 0.1) is 19.3 Å². The molecule has 0 bridgehead atoms. The summed E-state index contributed by atoms with van der Waals surface area (Å²) in [4.78, 5) is 11.3. The third kappa shape index (κ3) is 4.76. The minimum Gasteiger partial charge on any atom is -0.465 e. The van der Waals surface area contributed by atoms with Crippen molar-refractivity contribution in [3.05, 3.63) is 33.8 Å². The molecule has 100 valence electrons. The zero-order valence-corrected chi connectivity index (χ0v) is 12.2. The first-order valence-electron chi connectivity index (χ1n) is 5.84. The molecule has 4 nitrogen and oxygen atoms in total. The average molecular weight is 316 g/mol.